The van der Waals surface area contributed by atoms with Crippen LogP contribution >= 0.6 is 0 Å². The number of rotatable bonds is 2. The number of nitrogens with one attached hydrogen (secondary N) is 2. The fourth-order valence-corrected chi connectivity index (χ4v) is 1.49. The van der Waals surface area contributed by atoms with E-state index in [2.05, 4.69) is 15.5 Å². The molecule has 2 aromatic rings. The van der Waals surface area contributed by atoms with E-state index < -0.39 is 5.91 Å². The lowest BCUT2D eigenvalue weighted by Crippen LogP contribution is -2.13. The number of amides is 1. The van der Waals surface area contributed by atoms with E-state index in [4.69, 9.17) is 0 Å². The number of H-pyrrole nitrogens is 1. The second kappa shape index (κ2) is 4.40. The van der Waals surface area contributed by atoms with Crippen molar-refractivity contribution in [3.05, 3.63) is 35.0 Å². The van der Waals surface area contributed by atoms with Crippen LogP contribution in [-0.2, 0) is 0 Å². The van der Waals surface area contributed by atoms with Crippen molar-refractivity contribution in [2.24, 2.45) is 0 Å². The van der Waals surface area contributed by atoms with Gasteiger partial charge in [0.05, 0.1) is 5.56 Å². The summed E-state index contributed by atoms with van der Waals surface area (Å²) in [5, 5.41) is 28.1. The Kier molecular flexibility index (Phi) is 2.93. The number of carbonyl (C=O) groups excluding carboxylic acids is 1. The second-order valence-corrected chi connectivity index (χ2v) is 3.98. The molecular weight excluding hydrogens is 234 g/mol. The van der Waals surface area contributed by atoms with Crippen molar-refractivity contribution < 1.29 is 15.0 Å². The van der Waals surface area contributed by atoms with Crippen LogP contribution in [-0.4, -0.2) is 26.3 Å². The van der Waals surface area contributed by atoms with Crippen LogP contribution in [0, 0.1) is 13.8 Å². The molecule has 1 aromatic heterocycles. The van der Waals surface area contributed by atoms with Gasteiger partial charge in [0.15, 0.2) is 5.82 Å². The fraction of sp³-hybridized carbons (Fsp3) is 0.167. The van der Waals surface area contributed by atoms with Gasteiger partial charge in [0.2, 0.25) is 0 Å². The third kappa shape index (κ3) is 2.13. The number of hydrogen-bond donors (Lipinski definition) is 4. The van der Waals surface area contributed by atoms with Gasteiger partial charge >= 0.3 is 0 Å². The molecule has 0 saturated heterocycles. The van der Waals surface area contributed by atoms with Crippen LogP contribution in [0.1, 0.15) is 21.6 Å². The van der Waals surface area contributed by atoms with Gasteiger partial charge in [-0.05, 0) is 32.0 Å². The number of benzene rings is 1. The number of carbonyl (C=O) groups is 1. The van der Waals surface area contributed by atoms with Crippen LogP contribution in [0.25, 0.3) is 0 Å². The molecule has 0 aliphatic rings. The van der Waals surface area contributed by atoms with Crippen LogP contribution in [0.5, 0.6) is 11.5 Å². The first-order valence-electron chi connectivity index (χ1n) is 5.34. The van der Waals surface area contributed by atoms with Crippen LogP contribution in [0.4, 0.5) is 5.82 Å². The maximum absolute atomic E-state index is 11.9. The quantitative estimate of drug-likeness (QED) is 0.607. The Balaban J connectivity index is 2.27. The maximum Gasteiger partial charge on any atom is 0.260 e. The van der Waals surface area contributed by atoms with Gasteiger partial charge in [-0.1, -0.05) is 0 Å². The zero-order chi connectivity index (χ0) is 13.3. The van der Waals surface area contributed by atoms with Gasteiger partial charge in [-0.25, -0.2) is 0 Å². The van der Waals surface area contributed by atoms with Crippen LogP contribution in [0.3, 0.4) is 0 Å². The maximum atomic E-state index is 11.9. The normalized spacial score (nSPS) is 10.3. The van der Waals surface area contributed by atoms with Gasteiger partial charge < -0.3 is 15.5 Å². The average molecular weight is 247 g/mol. The lowest BCUT2D eigenvalue weighted by atomic mass is 10.1. The SMILES string of the molecule is Cc1[nH]nc(NC(=O)c2cc(O)ccc2O)c1C. The number of aromatic nitrogens is 2. The zero-order valence-electron chi connectivity index (χ0n) is 9.98. The lowest BCUT2D eigenvalue weighted by molar-refractivity contribution is 0.102. The summed E-state index contributed by atoms with van der Waals surface area (Å²) < 4.78 is 0. The Hall–Kier alpha value is -2.50. The summed E-state index contributed by atoms with van der Waals surface area (Å²) in [6.07, 6.45) is 0. The Morgan fingerprint density at radius 2 is 2.06 bits per heavy atom. The van der Waals surface area contributed by atoms with E-state index in [1.54, 1.807) is 0 Å². The molecule has 2 rings (SSSR count). The van der Waals surface area contributed by atoms with Gasteiger partial charge in [-0.2, -0.15) is 5.10 Å². The first kappa shape index (κ1) is 12.0. The molecule has 1 aromatic carbocycles. The monoisotopic (exact) mass is 247 g/mol. The zero-order valence-corrected chi connectivity index (χ0v) is 9.98. The topological polar surface area (TPSA) is 98.2 Å². The number of phenolic OH excluding ortho intramolecular Hbond substituents is 2. The summed E-state index contributed by atoms with van der Waals surface area (Å²) in [5.74, 6) is -0.415. The summed E-state index contributed by atoms with van der Waals surface area (Å²) in [5.41, 5.74) is 1.67. The minimum Gasteiger partial charge on any atom is -0.508 e. The van der Waals surface area contributed by atoms with Crippen molar-refractivity contribution in [2.45, 2.75) is 13.8 Å². The molecule has 4 N–H and O–H groups in total. The van der Waals surface area contributed by atoms with E-state index in [0.717, 1.165) is 11.3 Å². The Morgan fingerprint density at radius 1 is 1.33 bits per heavy atom. The van der Waals surface area contributed by atoms with E-state index >= 15 is 0 Å². The van der Waals surface area contributed by atoms with Crippen LogP contribution in [0.2, 0.25) is 0 Å². The first-order valence-corrected chi connectivity index (χ1v) is 5.34. The molecule has 0 radical (unpaired) electrons. The van der Waals surface area contributed by atoms with Crippen molar-refractivity contribution >= 4 is 11.7 Å². The number of aromatic hydroxyl groups is 2. The van der Waals surface area contributed by atoms with Crippen molar-refractivity contribution in [3.8, 4) is 11.5 Å². The molecule has 1 heterocycles. The number of aryl methyl sites for hydroxylation is 1. The summed E-state index contributed by atoms with van der Waals surface area (Å²) in [7, 11) is 0. The van der Waals surface area contributed by atoms with Gasteiger partial charge in [0.1, 0.15) is 11.5 Å². The highest BCUT2D eigenvalue weighted by Crippen LogP contribution is 2.23. The number of phenols is 2. The molecule has 1 amide bonds. The molecule has 0 aliphatic carbocycles. The van der Waals surface area contributed by atoms with Crippen molar-refractivity contribution in [2.75, 3.05) is 5.32 Å². The third-order valence-electron chi connectivity index (χ3n) is 2.71. The smallest absolute Gasteiger partial charge is 0.260 e. The standard InChI is InChI=1S/C12H13N3O3/c1-6-7(2)14-15-11(6)13-12(18)9-5-8(16)3-4-10(9)17/h3-5,16-17H,1-2H3,(H2,13,14,15,18). The average Bonchev–Trinajstić information content (AvgIpc) is 2.64. The van der Waals surface area contributed by atoms with E-state index in [0.29, 0.717) is 5.82 Å². The molecule has 0 atom stereocenters. The predicted octanol–water partition coefficient (Wildman–Crippen LogP) is 1.69. The Morgan fingerprint density at radius 3 is 2.67 bits per heavy atom. The molecule has 0 saturated carbocycles. The van der Waals surface area contributed by atoms with E-state index in [1.807, 2.05) is 13.8 Å². The number of anilines is 1. The summed E-state index contributed by atoms with van der Waals surface area (Å²) >= 11 is 0. The lowest BCUT2D eigenvalue weighted by Gasteiger charge is -2.05. The highest BCUT2D eigenvalue weighted by Gasteiger charge is 2.15. The van der Waals surface area contributed by atoms with Gasteiger partial charge in [0.25, 0.3) is 5.91 Å². The fourth-order valence-electron chi connectivity index (χ4n) is 1.49. The van der Waals surface area contributed by atoms with Crippen LogP contribution in [0.15, 0.2) is 18.2 Å². The van der Waals surface area contributed by atoms with Crippen molar-refractivity contribution in [1.82, 2.24) is 10.2 Å². The third-order valence-corrected chi connectivity index (χ3v) is 2.71. The summed E-state index contributed by atoms with van der Waals surface area (Å²) in [6.45, 7) is 3.65. The molecule has 0 unspecified atom stereocenters. The summed E-state index contributed by atoms with van der Waals surface area (Å²) in [4.78, 5) is 11.9. The number of hydrogen-bond acceptors (Lipinski definition) is 4. The second-order valence-electron chi connectivity index (χ2n) is 3.98. The number of aromatic amines is 1. The molecule has 94 valence electrons. The summed E-state index contributed by atoms with van der Waals surface area (Å²) in [6, 6.07) is 3.75. The van der Waals surface area contributed by atoms with E-state index in [-0.39, 0.29) is 17.1 Å². The molecule has 18 heavy (non-hydrogen) atoms. The van der Waals surface area contributed by atoms with Gasteiger partial charge in [-0.15, -0.1) is 0 Å². The van der Waals surface area contributed by atoms with E-state index in [1.165, 1.54) is 18.2 Å². The molecule has 0 spiro atoms. The molecule has 0 bridgehead atoms. The Bertz CT molecular complexity index is 605. The Labute approximate surface area is 103 Å². The number of nitrogens with zero attached hydrogens (tertiary/aromatic N) is 1. The predicted molar refractivity (Wildman–Crippen MR) is 65.8 cm³/mol. The van der Waals surface area contributed by atoms with Crippen molar-refractivity contribution in [1.29, 1.82) is 0 Å². The van der Waals surface area contributed by atoms with Crippen LogP contribution < -0.4 is 5.32 Å². The van der Waals surface area contributed by atoms with Crippen molar-refractivity contribution in [3.63, 3.8) is 0 Å². The van der Waals surface area contributed by atoms with Gasteiger partial charge in [-0.3, -0.25) is 9.89 Å². The largest absolute Gasteiger partial charge is 0.508 e. The van der Waals surface area contributed by atoms with Gasteiger partial charge in [0, 0.05) is 11.3 Å². The highest BCUT2D eigenvalue weighted by molar-refractivity contribution is 6.06. The molecular formula is C12H13N3O3. The molecule has 0 aliphatic heterocycles. The highest BCUT2D eigenvalue weighted by atomic mass is 16.3. The molecule has 6 heteroatoms. The molecule has 6 nitrogen and oxygen atoms in total. The minimum atomic E-state index is -0.530. The van der Waals surface area contributed by atoms with E-state index in [9.17, 15) is 15.0 Å². The minimum absolute atomic E-state index is 0.00458. The first-order chi connectivity index (χ1) is 8.49. The molecule has 0 fully saturated rings.